The molecule has 3 rings (SSSR count). The molecule has 1 N–H and O–H groups in total. The standard InChI is InChI=1S/C20H19BrN4O3/c1-4-28-20(27)16-8-9-17(22-13(16)3)19(26)23-18-10-12(2)24-25(18)15-7-5-6-14(21)11-15/h5-11H,4H2,1-3H3,(H,23,26). The first-order valence-electron chi connectivity index (χ1n) is 8.67. The molecule has 0 saturated heterocycles. The van der Waals surface area contributed by atoms with Crippen LogP contribution in [-0.2, 0) is 4.74 Å². The van der Waals surface area contributed by atoms with E-state index in [0.717, 1.165) is 15.9 Å². The molecule has 1 amide bonds. The zero-order valence-corrected chi connectivity index (χ0v) is 17.3. The molecular formula is C20H19BrN4O3. The monoisotopic (exact) mass is 442 g/mol. The van der Waals surface area contributed by atoms with E-state index in [1.54, 1.807) is 30.7 Å². The molecule has 0 bridgehead atoms. The van der Waals surface area contributed by atoms with Gasteiger partial charge in [-0.2, -0.15) is 5.10 Å². The Balaban J connectivity index is 1.86. The molecule has 0 unspecified atom stereocenters. The Morgan fingerprint density at radius 2 is 1.96 bits per heavy atom. The van der Waals surface area contributed by atoms with E-state index in [1.165, 1.54) is 6.07 Å². The van der Waals surface area contributed by atoms with Crippen LogP contribution in [-0.4, -0.2) is 33.2 Å². The van der Waals surface area contributed by atoms with Gasteiger partial charge >= 0.3 is 5.97 Å². The fraction of sp³-hybridized carbons (Fsp3) is 0.200. The van der Waals surface area contributed by atoms with Crippen LogP contribution >= 0.6 is 15.9 Å². The van der Waals surface area contributed by atoms with Crippen molar-refractivity contribution < 1.29 is 14.3 Å². The third-order valence-corrected chi connectivity index (χ3v) is 4.43. The van der Waals surface area contributed by atoms with E-state index in [-0.39, 0.29) is 12.3 Å². The van der Waals surface area contributed by atoms with Gasteiger partial charge in [-0.05, 0) is 51.1 Å². The van der Waals surface area contributed by atoms with Gasteiger partial charge in [0.15, 0.2) is 0 Å². The summed E-state index contributed by atoms with van der Waals surface area (Å²) < 4.78 is 7.54. The number of rotatable bonds is 5. The van der Waals surface area contributed by atoms with Crippen molar-refractivity contribution in [2.75, 3.05) is 11.9 Å². The molecule has 0 saturated carbocycles. The minimum absolute atomic E-state index is 0.199. The quantitative estimate of drug-likeness (QED) is 0.601. The maximum absolute atomic E-state index is 12.7. The first kappa shape index (κ1) is 19.8. The fourth-order valence-electron chi connectivity index (χ4n) is 2.69. The molecule has 28 heavy (non-hydrogen) atoms. The summed E-state index contributed by atoms with van der Waals surface area (Å²) in [5, 5.41) is 7.28. The Morgan fingerprint density at radius 1 is 1.18 bits per heavy atom. The summed E-state index contributed by atoms with van der Waals surface area (Å²) >= 11 is 3.44. The largest absolute Gasteiger partial charge is 0.462 e. The zero-order valence-electron chi connectivity index (χ0n) is 15.7. The number of halogens is 1. The van der Waals surface area contributed by atoms with Crippen LogP contribution in [0.1, 0.15) is 39.2 Å². The predicted molar refractivity (Wildman–Crippen MR) is 109 cm³/mol. The summed E-state index contributed by atoms with van der Waals surface area (Å²) in [5.41, 5.74) is 2.54. The van der Waals surface area contributed by atoms with Crippen molar-refractivity contribution in [3.8, 4) is 5.69 Å². The Hall–Kier alpha value is -3.00. The van der Waals surface area contributed by atoms with Gasteiger partial charge in [-0.3, -0.25) is 4.79 Å². The van der Waals surface area contributed by atoms with Crippen LogP contribution < -0.4 is 5.32 Å². The van der Waals surface area contributed by atoms with Gasteiger partial charge in [0.25, 0.3) is 5.91 Å². The first-order valence-corrected chi connectivity index (χ1v) is 9.47. The highest BCUT2D eigenvalue weighted by Crippen LogP contribution is 2.21. The van der Waals surface area contributed by atoms with Crippen LogP contribution in [0.2, 0.25) is 0 Å². The van der Waals surface area contributed by atoms with Crippen LogP contribution in [0, 0.1) is 13.8 Å². The van der Waals surface area contributed by atoms with E-state index in [4.69, 9.17) is 4.74 Å². The number of hydrogen-bond donors (Lipinski definition) is 1. The van der Waals surface area contributed by atoms with Gasteiger partial charge in [-0.1, -0.05) is 22.0 Å². The van der Waals surface area contributed by atoms with Crippen LogP contribution in [0.3, 0.4) is 0 Å². The van der Waals surface area contributed by atoms with Crippen molar-refractivity contribution in [2.45, 2.75) is 20.8 Å². The third-order valence-electron chi connectivity index (χ3n) is 3.94. The van der Waals surface area contributed by atoms with Crippen molar-refractivity contribution in [3.63, 3.8) is 0 Å². The normalized spacial score (nSPS) is 10.6. The molecule has 0 aliphatic rings. The number of aryl methyl sites for hydroxylation is 2. The van der Waals surface area contributed by atoms with Gasteiger partial charge in [-0.25, -0.2) is 14.5 Å². The van der Waals surface area contributed by atoms with Gasteiger partial charge in [0.2, 0.25) is 0 Å². The molecule has 1 aromatic carbocycles. The summed E-state index contributed by atoms with van der Waals surface area (Å²) in [5.74, 6) is -0.327. The summed E-state index contributed by atoms with van der Waals surface area (Å²) in [7, 11) is 0. The van der Waals surface area contributed by atoms with Crippen molar-refractivity contribution in [2.24, 2.45) is 0 Å². The molecular weight excluding hydrogens is 424 g/mol. The second-order valence-corrected chi connectivity index (χ2v) is 6.98. The van der Waals surface area contributed by atoms with Crippen molar-refractivity contribution in [1.82, 2.24) is 14.8 Å². The highest BCUT2D eigenvalue weighted by molar-refractivity contribution is 9.10. The van der Waals surface area contributed by atoms with E-state index in [0.29, 0.717) is 17.1 Å². The second kappa shape index (κ2) is 8.35. The first-order chi connectivity index (χ1) is 13.4. The number of carbonyl (C=O) groups is 2. The SMILES string of the molecule is CCOC(=O)c1ccc(C(=O)Nc2cc(C)nn2-c2cccc(Br)c2)nc1C. The van der Waals surface area contributed by atoms with Crippen molar-refractivity contribution in [1.29, 1.82) is 0 Å². The van der Waals surface area contributed by atoms with E-state index < -0.39 is 11.9 Å². The number of hydrogen-bond acceptors (Lipinski definition) is 5. The van der Waals surface area contributed by atoms with Gasteiger partial charge < -0.3 is 10.1 Å². The number of nitrogens with one attached hydrogen (secondary N) is 1. The molecule has 0 radical (unpaired) electrons. The number of benzene rings is 1. The molecule has 0 fully saturated rings. The lowest BCUT2D eigenvalue weighted by Gasteiger charge is -2.10. The molecule has 2 aromatic heterocycles. The maximum Gasteiger partial charge on any atom is 0.339 e. The Morgan fingerprint density at radius 3 is 2.64 bits per heavy atom. The summed E-state index contributed by atoms with van der Waals surface area (Å²) in [4.78, 5) is 28.8. The van der Waals surface area contributed by atoms with Crippen LogP contribution in [0.25, 0.3) is 5.69 Å². The molecule has 8 heteroatoms. The number of esters is 1. The number of anilines is 1. The number of ether oxygens (including phenoxy) is 1. The second-order valence-electron chi connectivity index (χ2n) is 6.07. The van der Waals surface area contributed by atoms with Gasteiger partial charge in [0, 0.05) is 10.5 Å². The van der Waals surface area contributed by atoms with Crippen LogP contribution in [0.4, 0.5) is 5.82 Å². The predicted octanol–water partition coefficient (Wildman–Crippen LogP) is 4.08. The number of nitrogens with zero attached hydrogens (tertiary/aromatic N) is 3. The van der Waals surface area contributed by atoms with E-state index >= 15 is 0 Å². The molecule has 2 heterocycles. The molecule has 0 spiro atoms. The lowest BCUT2D eigenvalue weighted by molar-refractivity contribution is 0.0524. The summed E-state index contributed by atoms with van der Waals surface area (Å²) in [6.45, 7) is 5.53. The molecule has 0 aliphatic heterocycles. The molecule has 3 aromatic rings. The summed E-state index contributed by atoms with van der Waals surface area (Å²) in [6, 6.07) is 12.4. The van der Waals surface area contributed by atoms with Crippen molar-refractivity contribution >= 4 is 33.6 Å². The third kappa shape index (κ3) is 4.28. The average Bonchev–Trinajstić information content (AvgIpc) is 3.02. The molecule has 144 valence electrons. The number of pyridine rings is 1. The minimum Gasteiger partial charge on any atom is -0.462 e. The highest BCUT2D eigenvalue weighted by Gasteiger charge is 2.17. The lowest BCUT2D eigenvalue weighted by Crippen LogP contribution is -2.18. The molecule has 0 atom stereocenters. The Bertz CT molecular complexity index is 1050. The fourth-order valence-corrected chi connectivity index (χ4v) is 3.07. The Kier molecular flexibility index (Phi) is 5.89. The average molecular weight is 443 g/mol. The maximum atomic E-state index is 12.7. The van der Waals surface area contributed by atoms with Crippen LogP contribution in [0.5, 0.6) is 0 Å². The highest BCUT2D eigenvalue weighted by atomic mass is 79.9. The van der Waals surface area contributed by atoms with Gasteiger partial charge in [0.1, 0.15) is 11.5 Å². The van der Waals surface area contributed by atoms with E-state index in [1.807, 2.05) is 31.2 Å². The Labute approximate surface area is 170 Å². The summed E-state index contributed by atoms with van der Waals surface area (Å²) in [6.07, 6.45) is 0. The minimum atomic E-state index is -0.456. The smallest absolute Gasteiger partial charge is 0.339 e. The van der Waals surface area contributed by atoms with E-state index in [2.05, 4.69) is 31.3 Å². The number of amides is 1. The molecule has 7 nitrogen and oxygen atoms in total. The molecule has 0 aliphatic carbocycles. The van der Waals surface area contributed by atoms with Gasteiger partial charge in [-0.15, -0.1) is 0 Å². The topological polar surface area (TPSA) is 86.1 Å². The van der Waals surface area contributed by atoms with Gasteiger partial charge in [0.05, 0.1) is 29.2 Å². The zero-order chi connectivity index (χ0) is 20.3. The number of aromatic nitrogens is 3. The lowest BCUT2D eigenvalue weighted by atomic mass is 10.2. The van der Waals surface area contributed by atoms with E-state index in [9.17, 15) is 9.59 Å². The number of carbonyl (C=O) groups excluding carboxylic acids is 2. The van der Waals surface area contributed by atoms with Crippen molar-refractivity contribution in [3.05, 3.63) is 69.6 Å². The van der Waals surface area contributed by atoms with Crippen LogP contribution in [0.15, 0.2) is 46.9 Å².